The van der Waals surface area contributed by atoms with E-state index in [-0.39, 0.29) is 16.5 Å². The number of carbonyl (C=O) groups is 1. The van der Waals surface area contributed by atoms with Gasteiger partial charge in [-0.2, -0.15) is 10.3 Å². The Kier molecular flexibility index (Phi) is 6.37. The quantitative estimate of drug-likeness (QED) is 0.745. The molecule has 1 aromatic heterocycles. The maximum Gasteiger partial charge on any atom is 0.282 e. The molecule has 5 nitrogen and oxygen atoms in total. The fourth-order valence-corrected chi connectivity index (χ4v) is 3.06. The van der Waals surface area contributed by atoms with Crippen LogP contribution in [0.3, 0.4) is 0 Å². The number of aromatic nitrogens is 2. The zero-order valence-corrected chi connectivity index (χ0v) is 16.7. The first-order chi connectivity index (χ1) is 12.7. The number of rotatable bonds is 5. The minimum atomic E-state index is -0.681. The first kappa shape index (κ1) is 20.6. The minimum absolute atomic E-state index is 0.121. The van der Waals surface area contributed by atoms with E-state index in [0.717, 1.165) is 37.6 Å². The number of amides is 1. The van der Waals surface area contributed by atoms with Crippen LogP contribution in [-0.4, -0.2) is 15.3 Å². The van der Waals surface area contributed by atoms with Crippen molar-refractivity contribution in [3.05, 3.63) is 52.4 Å². The molecular weight excluding hydrogens is 343 g/mol. The van der Waals surface area contributed by atoms with Gasteiger partial charge in [-0.05, 0) is 24.6 Å². The lowest BCUT2D eigenvalue weighted by Crippen LogP contribution is -2.25. The second-order valence-corrected chi connectivity index (χ2v) is 7.72. The van der Waals surface area contributed by atoms with Crippen LogP contribution in [0.15, 0.2) is 29.3 Å². The molecular formula is C21H27FN4O. The van der Waals surface area contributed by atoms with Crippen molar-refractivity contribution in [2.45, 2.75) is 58.9 Å². The molecule has 0 N–H and O–H groups in total. The van der Waals surface area contributed by atoms with E-state index in [1.54, 1.807) is 0 Å². The molecule has 0 unspecified atom stereocenters. The number of hydrogen-bond acceptors (Lipinski definition) is 2. The summed E-state index contributed by atoms with van der Waals surface area (Å²) in [4.78, 5) is 16.8. The van der Waals surface area contributed by atoms with E-state index in [1.807, 2.05) is 28.5 Å². The minimum Gasteiger partial charge on any atom is -0.291 e. The first-order valence-electron chi connectivity index (χ1n) is 9.25. The Morgan fingerprint density at radius 3 is 2.56 bits per heavy atom. The molecule has 1 heterocycles. The normalized spacial score (nSPS) is 12.3. The van der Waals surface area contributed by atoms with E-state index in [0.29, 0.717) is 5.49 Å². The molecule has 0 spiro atoms. The Morgan fingerprint density at radius 1 is 1.26 bits per heavy atom. The fraction of sp³-hybridized carbons (Fsp3) is 0.476. The number of nitrogens with zero attached hydrogens (tertiary/aromatic N) is 4. The Morgan fingerprint density at radius 2 is 1.96 bits per heavy atom. The van der Waals surface area contributed by atoms with Crippen LogP contribution in [0, 0.1) is 17.1 Å². The van der Waals surface area contributed by atoms with Gasteiger partial charge in [0.1, 0.15) is 5.82 Å². The van der Waals surface area contributed by atoms with Crippen LogP contribution in [0.2, 0.25) is 0 Å². The summed E-state index contributed by atoms with van der Waals surface area (Å²) >= 11 is 0. The van der Waals surface area contributed by atoms with Crippen molar-refractivity contribution in [3.8, 4) is 6.07 Å². The molecule has 27 heavy (non-hydrogen) atoms. The van der Waals surface area contributed by atoms with Gasteiger partial charge in [0.05, 0.1) is 17.2 Å². The number of nitriles is 1. The summed E-state index contributed by atoms with van der Waals surface area (Å²) in [5.41, 5.74) is 1.47. The smallest absolute Gasteiger partial charge is 0.282 e. The van der Waals surface area contributed by atoms with Gasteiger partial charge in [0.2, 0.25) is 0 Å². The number of benzene rings is 1. The van der Waals surface area contributed by atoms with Gasteiger partial charge in [-0.25, -0.2) is 4.39 Å². The topological polar surface area (TPSA) is 63.1 Å². The number of hydrogen-bond donors (Lipinski definition) is 0. The third-order valence-electron chi connectivity index (χ3n) is 4.52. The molecule has 0 radical (unpaired) electrons. The van der Waals surface area contributed by atoms with Gasteiger partial charge in [0, 0.05) is 30.8 Å². The van der Waals surface area contributed by atoms with Gasteiger partial charge in [0.15, 0.2) is 5.49 Å². The van der Waals surface area contributed by atoms with Crippen molar-refractivity contribution in [1.29, 1.82) is 5.26 Å². The van der Waals surface area contributed by atoms with Crippen molar-refractivity contribution in [2.75, 3.05) is 0 Å². The molecule has 0 aliphatic heterocycles. The average molecular weight is 370 g/mol. The highest BCUT2D eigenvalue weighted by Gasteiger charge is 2.21. The van der Waals surface area contributed by atoms with E-state index in [1.165, 1.54) is 12.1 Å². The number of halogens is 1. The number of unbranched alkanes of at least 4 members (excludes halogenated alkanes) is 2. The Balaban J connectivity index is 2.55. The summed E-state index contributed by atoms with van der Waals surface area (Å²) < 4.78 is 18.1. The maximum absolute atomic E-state index is 14.1. The van der Waals surface area contributed by atoms with Crippen LogP contribution in [-0.2, 0) is 19.0 Å². The summed E-state index contributed by atoms with van der Waals surface area (Å²) in [7, 11) is 1.95. The Bertz CT molecular complexity index is 939. The van der Waals surface area contributed by atoms with Crippen LogP contribution >= 0.6 is 0 Å². The van der Waals surface area contributed by atoms with Gasteiger partial charge in [0.25, 0.3) is 5.91 Å². The standard InChI is InChI=1S/C21H27FN4O/c1-6-7-8-11-26-19(13-18(25(26)5)21(2,3)4)24-20(27)16-12-15(14-23)9-10-17(16)22/h9-10,12-13H,6-8,11H2,1-5H3/b24-19+. The Labute approximate surface area is 159 Å². The SMILES string of the molecule is CCCCCn1/c(=N/C(=O)c2cc(C#N)ccc2F)cc(C(C)(C)C)n1C. The second kappa shape index (κ2) is 8.34. The van der Waals surface area contributed by atoms with Crippen molar-refractivity contribution < 1.29 is 9.18 Å². The first-order valence-corrected chi connectivity index (χ1v) is 9.25. The van der Waals surface area contributed by atoms with Crippen LogP contribution in [0.5, 0.6) is 0 Å². The molecule has 0 bridgehead atoms. The molecule has 144 valence electrons. The molecule has 0 aliphatic rings. The largest absolute Gasteiger partial charge is 0.291 e. The highest BCUT2D eigenvalue weighted by molar-refractivity contribution is 5.95. The predicted molar refractivity (Wildman–Crippen MR) is 103 cm³/mol. The van der Waals surface area contributed by atoms with Gasteiger partial charge in [-0.15, -0.1) is 0 Å². The highest BCUT2D eigenvalue weighted by Crippen LogP contribution is 2.20. The molecule has 1 aromatic carbocycles. The highest BCUT2D eigenvalue weighted by atomic mass is 19.1. The summed E-state index contributed by atoms with van der Waals surface area (Å²) in [5, 5.41) is 9.00. The van der Waals surface area contributed by atoms with Gasteiger partial charge >= 0.3 is 0 Å². The molecule has 0 aliphatic carbocycles. The molecule has 1 amide bonds. The van der Waals surface area contributed by atoms with Gasteiger partial charge in [-0.3, -0.25) is 14.2 Å². The number of carbonyl (C=O) groups excluding carboxylic acids is 1. The van der Waals surface area contributed by atoms with Gasteiger partial charge < -0.3 is 0 Å². The third-order valence-corrected chi connectivity index (χ3v) is 4.52. The molecule has 0 atom stereocenters. The molecule has 6 heteroatoms. The predicted octanol–water partition coefficient (Wildman–Crippen LogP) is 4.07. The van der Waals surface area contributed by atoms with Crippen LogP contribution in [0.4, 0.5) is 4.39 Å². The third kappa shape index (κ3) is 4.73. The lowest BCUT2D eigenvalue weighted by Gasteiger charge is -2.20. The fourth-order valence-electron chi connectivity index (χ4n) is 3.06. The Hall–Kier alpha value is -2.68. The summed E-state index contributed by atoms with van der Waals surface area (Å²) in [5.74, 6) is -1.35. The molecule has 2 aromatic rings. The van der Waals surface area contributed by atoms with Crippen LogP contribution in [0.1, 0.15) is 68.6 Å². The zero-order valence-electron chi connectivity index (χ0n) is 16.7. The summed E-state index contributed by atoms with van der Waals surface area (Å²) in [6.45, 7) is 9.16. The molecule has 2 rings (SSSR count). The van der Waals surface area contributed by atoms with Crippen molar-refractivity contribution in [2.24, 2.45) is 12.0 Å². The van der Waals surface area contributed by atoms with Crippen LogP contribution < -0.4 is 5.49 Å². The van der Waals surface area contributed by atoms with Gasteiger partial charge in [-0.1, -0.05) is 40.5 Å². The molecule has 0 saturated heterocycles. The molecule has 0 saturated carbocycles. The molecule has 0 fully saturated rings. The van der Waals surface area contributed by atoms with E-state index < -0.39 is 11.7 Å². The van der Waals surface area contributed by atoms with Crippen molar-refractivity contribution in [1.82, 2.24) is 9.36 Å². The lowest BCUT2D eigenvalue weighted by molar-refractivity contribution is 0.0993. The van der Waals surface area contributed by atoms with Crippen molar-refractivity contribution >= 4 is 5.91 Å². The average Bonchev–Trinajstić information content (AvgIpc) is 2.92. The zero-order chi connectivity index (χ0) is 20.2. The van der Waals surface area contributed by atoms with E-state index in [2.05, 4.69) is 32.7 Å². The monoisotopic (exact) mass is 370 g/mol. The van der Waals surface area contributed by atoms with Crippen LogP contribution in [0.25, 0.3) is 0 Å². The van der Waals surface area contributed by atoms with E-state index in [9.17, 15) is 9.18 Å². The summed E-state index contributed by atoms with van der Waals surface area (Å²) in [6, 6.07) is 7.53. The van der Waals surface area contributed by atoms with E-state index >= 15 is 0 Å². The lowest BCUT2D eigenvalue weighted by atomic mass is 9.92. The summed E-state index contributed by atoms with van der Waals surface area (Å²) in [6.07, 6.45) is 3.14. The second-order valence-electron chi connectivity index (χ2n) is 7.72. The van der Waals surface area contributed by atoms with Crippen molar-refractivity contribution in [3.63, 3.8) is 0 Å². The maximum atomic E-state index is 14.1. The van der Waals surface area contributed by atoms with E-state index in [4.69, 9.17) is 5.26 Å².